The zero-order valence-corrected chi connectivity index (χ0v) is 21.0. The number of nitrogens with two attached hydrogens (primary N) is 1. The van der Waals surface area contributed by atoms with E-state index in [9.17, 15) is 14.4 Å². The maximum atomic E-state index is 13.8. The van der Waals surface area contributed by atoms with Gasteiger partial charge in [-0.1, -0.05) is 32.0 Å². The summed E-state index contributed by atoms with van der Waals surface area (Å²) in [7, 11) is 1.74. The van der Waals surface area contributed by atoms with E-state index in [0.717, 1.165) is 17.7 Å². The van der Waals surface area contributed by atoms with E-state index < -0.39 is 29.4 Å². The molecule has 0 bridgehead atoms. The summed E-state index contributed by atoms with van der Waals surface area (Å²) >= 11 is 1.73. The number of ether oxygens (including phenoxy) is 1. The lowest BCUT2D eigenvalue weighted by Crippen LogP contribution is -2.58. The lowest BCUT2D eigenvalue weighted by Gasteiger charge is -2.33. The van der Waals surface area contributed by atoms with Crippen LogP contribution in [0, 0.1) is 5.41 Å². The SMILES string of the molecule is CN[C@@H](C)NC(=O)NC1CC([C@@H]2CCOc3ccccc32)SC2CC(C)(C)C(C(N)=O)N2C1=O. The Morgan fingerprint density at radius 1 is 1.29 bits per heavy atom. The summed E-state index contributed by atoms with van der Waals surface area (Å²) in [5.74, 6) is 0.283. The fourth-order valence-corrected chi connectivity index (χ4v) is 7.54. The van der Waals surface area contributed by atoms with E-state index in [0.29, 0.717) is 19.4 Å². The van der Waals surface area contributed by atoms with E-state index in [-0.39, 0.29) is 28.6 Å². The van der Waals surface area contributed by atoms with E-state index >= 15 is 0 Å². The molecule has 1 aromatic rings. The van der Waals surface area contributed by atoms with Crippen molar-refractivity contribution in [2.75, 3.05) is 13.7 Å². The molecule has 4 rings (SSSR count). The number of hydrogen-bond acceptors (Lipinski definition) is 6. The molecule has 6 atom stereocenters. The van der Waals surface area contributed by atoms with Crippen LogP contribution in [0.2, 0.25) is 0 Å². The molecule has 2 saturated heterocycles. The number of benzene rings is 1. The normalized spacial score (nSPS) is 30.9. The van der Waals surface area contributed by atoms with E-state index in [1.807, 2.05) is 39.0 Å². The second-order valence-electron chi connectivity index (χ2n) is 10.1. The molecule has 1 aromatic carbocycles. The zero-order chi connectivity index (χ0) is 24.6. The molecule has 9 nitrogen and oxygen atoms in total. The molecular formula is C24H35N5O4S. The second kappa shape index (κ2) is 9.65. The van der Waals surface area contributed by atoms with Crippen LogP contribution in [0.1, 0.15) is 51.5 Å². The van der Waals surface area contributed by atoms with Crippen molar-refractivity contribution in [3.63, 3.8) is 0 Å². The highest BCUT2D eigenvalue weighted by atomic mass is 32.2. The first-order valence-corrected chi connectivity index (χ1v) is 12.8. The van der Waals surface area contributed by atoms with Crippen molar-refractivity contribution in [2.45, 2.75) is 74.8 Å². The highest BCUT2D eigenvalue weighted by molar-refractivity contribution is 8.00. The van der Waals surface area contributed by atoms with E-state index in [1.165, 1.54) is 0 Å². The lowest BCUT2D eigenvalue weighted by atomic mass is 9.84. The topological polar surface area (TPSA) is 126 Å². The molecular weight excluding hydrogens is 454 g/mol. The molecule has 34 heavy (non-hydrogen) atoms. The molecule has 4 unspecified atom stereocenters. The Morgan fingerprint density at radius 3 is 2.74 bits per heavy atom. The highest BCUT2D eigenvalue weighted by Gasteiger charge is 2.55. The van der Waals surface area contributed by atoms with Gasteiger partial charge < -0.3 is 31.3 Å². The van der Waals surface area contributed by atoms with Gasteiger partial charge in [-0.2, -0.15) is 0 Å². The van der Waals surface area contributed by atoms with Crippen LogP contribution in [-0.4, -0.2) is 65.3 Å². The largest absolute Gasteiger partial charge is 0.493 e. The minimum Gasteiger partial charge on any atom is -0.493 e. The summed E-state index contributed by atoms with van der Waals surface area (Å²) in [6, 6.07) is 6.11. The Labute approximate surface area is 204 Å². The number of hydrogen-bond donors (Lipinski definition) is 4. The van der Waals surface area contributed by atoms with Crippen LogP contribution in [0.3, 0.4) is 0 Å². The molecule has 3 aliphatic heterocycles. The van der Waals surface area contributed by atoms with E-state index in [4.69, 9.17) is 10.5 Å². The van der Waals surface area contributed by atoms with Gasteiger partial charge in [0, 0.05) is 11.2 Å². The third-order valence-corrected chi connectivity index (χ3v) is 8.77. The number of urea groups is 1. The predicted octanol–water partition coefficient (Wildman–Crippen LogP) is 1.73. The Kier molecular flexibility index (Phi) is 7.00. The Balaban J connectivity index is 1.68. The van der Waals surface area contributed by atoms with Crippen molar-refractivity contribution in [1.82, 2.24) is 20.9 Å². The molecule has 0 saturated carbocycles. The van der Waals surface area contributed by atoms with Crippen LogP contribution in [0.25, 0.3) is 0 Å². The number of fused-ring (bicyclic) bond motifs is 2. The van der Waals surface area contributed by atoms with Crippen molar-refractivity contribution < 1.29 is 19.1 Å². The van der Waals surface area contributed by atoms with Crippen molar-refractivity contribution in [2.24, 2.45) is 11.1 Å². The number of para-hydroxylation sites is 1. The van der Waals surface area contributed by atoms with E-state index in [1.54, 1.807) is 23.7 Å². The number of nitrogens with zero attached hydrogens (tertiary/aromatic N) is 1. The number of nitrogens with one attached hydrogen (secondary N) is 3. The van der Waals surface area contributed by atoms with Crippen LogP contribution in [0.4, 0.5) is 4.79 Å². The molecule has 10 heteroatoms. The second-order valence-corrected chi connectivity index (χ2v) is 11.5. The van der Waals surface area contributed by atoms with Crippen LogP contribution in [0.5, 0.6) is 5.75 Å². The molecule has 2 fully saturated rings. The quantitative estimate of drug-likeness (QED) is 0.467. The minimum atomic E-state index is -0.766. The van der Waals surface area contributed by atoms with Crippen molar-refractivity contribution in [3.05, 3.63) is 29.8 Å². The molecule has 4 amide bonds. The van der Waals surface area contributed by atoms with Gasteiger partial charge in [-0.15, -0.1) is 11.8 Å². The molecule has 0 radical (unpaired) electrons. The highest BCUT2D eigenvalue weighted by Crippen LogP contribution is 2.51. The third kappa shape index (κ3) is 4.70. The van der Waals surface area contributed by atoms with Crippen molar-refractivity contribution in [1.29, 1.82) is 0 Å². The van der Waals surface area contributed by atoms with E-state index in [2.05, 4.69) is 22.0 Å². The summed E-state index contributed by atoms with van der Waals surface area (Å²) in [4.78, 5) is 40.6. The fourth-order valence-electron chi connectivity index (χ4n) is 5.48. The fraction of sp³-hybridized carbons (Fsp3) is 0.625. The Hall–Kier alpha value is -2.46. The number of primary amides is 1. The monoisotopic (exact) mass is 489 g/mol. The number of carbonyl (C=O) groups excluding carboxylic acids is 3. The van der Waals surface area contributed by atoms with Gasteiger partial charge in [0.1, 0.15) is 17.8 Å². The zero-order valence-electron chi connectivity index (χ0n) is 20.2. The smallest absolute Gasteiger partial charge is 0.316 e. The predicted molar refractivity (Wildman–Crippen MR) is 131 cm³/mol. The maximum absolute atomic E-state index is 13.8. The Morgan fingerprint density at radius 2 is 2.03 bits per heavy atom. The number of amides is 4. The number of carbonyl (C=O) groups is 3. The van der Waals surface area contributed by atoms with Crippen molar-refractivity contribution in [3.8, 4) is 5.75 Å². The maximum Gasteiger partial charge on any atom is 0.316 e. The summed E-state index contributed by atoms with van der Waals surface area (Å²) in [6.45, 7) is 6.38. The molecule has 3 heterocycles. The van der Waals surface area contributed by atoms with Crippen LogP contribution >= 0.6 is 11.8 Å². The first kappa shape index (κ1) is 24.7. The van der Waals surface area contributed by atoms with Gasteiger partial charge in [0.25, 0.3) is 0 Å². The van der Waals surface area contributed by atoms with Gasteiger partial charge in [-0.3, -0.25) is 9.59 Å². The molecule has 0 aliphatic carbocycles. The van der Waals surface area contributed by atoms with Gasteiger partial charge in [0.15, 0.2) is 0 Å². The van der Waals surface area contributed by atoms with Gasteiger partial charge in [0.2, 0.25) is 11.8 Å². The van der Waals surface area contributed by atoms with Gasteiger partial charge in [-0.05, 0) is 50.3 Å². The van der Waals surface area contributed by atoms with Crippen LogP contribution in [-0.2, 0) is 9.59 Å². The molecule has 0 aromatic heterocycles. The average Bonchev–Trinajstić information content (AvgIpc) is 2.99. The number of rotatable bonds is 5. The summed E-state index contributed by atoms with van der Waals surface area (Å²) in [5.41, 5.74) is 6.47. The molecule has 186 valence electrons. The number of thioether (sulfide) groups is 1. The summed E-state index contributed by atoms with van der Waals surface area (Å²) in [6.07, 6.45) is 1.69. The average molecular weight is 490 g/mol. The summed E-state index contributed by atoms with van der Waals surface area (Å²) in [5, 5.41) is 8.49. The van der Waals surface area contributed by atoms with Gasteiger partial charge in [-0.25, -0.2) is 4.79 Å². The molecule has 0 spiro atoms. The standard InChI is InChI=1S/C24H35N5O4S/c1-13(26-4)27-23(32)28-16-11-18(15-9-10-33-17-8-6-5-7-14(15)17)34-19-12-24(2,3)20(21(25)30)29(19)22(16)31/h5-8,13,15-16,18-20,26H,9-12H2,1-4H3,(H2,25,30)(H2,27,28,32)/t13-,15-,16?,18?,19?,20?/m1/s1. The first-order valence-electron chi connectivity index (χ1n) is 11.9. The van der Waals surface area contributed by atoms with Gasteiger partial charge in [0.05, 0.1) is 18.1 Å². The minimum absolute atomic E-state index is 0.0541. The first-order chi connectivity index (χ1) is 16.1. The lowest BCUT2D eigenvalue weighted by molar-refractivity contribution is -0.141. The van der Waals surface area contributed by atoms with Crippen LogP contribution in [0.15, 0.2) is 24.3 Å². The molecule has 3 aliphatic rings. The van der Waals surface area contributed by atoms with Crippen molar-refractivity contribution >= 4 is 29.6 Å². The van der Waals surface area contributed by atoms with Crippen LogP contribution < -0.4 is 26.4 Å². The molecule has 5 N–H and O–H groups in total. The Bertz CT molecular complexity index is 957. The summed E-state index contributed by atoms with van der Waals surface area (Å²) < 4.78 is 5.88. The third-order valence-electron chi connectivity index (χ3n) is 7.19. The van der Waals surface area contributed by atoms with Gasteiger partial charge >= 0.3 is 6.03 Å².